The van der Waals surface area contributed by atoms with Crippen molar-refractivity contribution in [2.45, 2.75) is 5.02 Å². The Kier molecular flexibility index (Phi) is 1.93. The smallest absolute Gasteiger partial charge is 0.315 e. The number of hydrogen-bond acceptors (Lipinski definition) is 1. The van der Waals surface area contributed by atoms with E-state index in [1.165, 1.54) is 0 Å². The molecule has 0 aliphatic rings. The maximum atomic E-state index is 11.1. The first-order chi connectivity index (χ1) is 2.56. The van der Waals surface area contributed by atoms with Crippen molar-refractivity contribution in [3.63, 3.8) is 0 Å². The van der Waals surface area contributed by atoms with Crippen molar-refractivity contribution in [3.8, 4) is 0 Å². The first-order valence-corrected chi connectivity index (χ1v) is 1.97. The van der Waals surface area contributed by atoms with Crippen molar-refractivity contribution in [1.82, 2.24) is 0 Å². The van der Waals surface area contributed by atoms with E-state index in [4.69, 9.17) is 0 Å². The van der Waals surface area contributed by atoms with E-state index in [-0.39, 0.29) is 0 Å². The molecule has 6 heavy (non-hydrogen) atoms. The predicted molar refractivity (Wildman–Crippen MR) is 20.9 cm³/mol. The minimum Gasteiger partial charge on any atom is -0.315 e. The first kappa shape index (κ1) is 6.30. The largest absolute Gasteiger partial charge is 0.414 e. The number of rotatable bonds is 1. The Morgan fingerprint density at radius 2 is 1.83 bits per heavy atom. The molecular weight excluding hydrogens is 158 g/mol. The molecule has 0 aliphatic heterocycles. The molecule has 0 aromatic carbocycles. The third-order valence-electron chi connectivity index (χ3n) is 0.231. The summed E-state index contributed by atoms with van der Waals surface area (Å²) in [5.74, 6) is 0. The number of halogens is 3. The lowest BCUT2D eigenvalue weighted by Crippen LogP contribution is -2.05. The van der Waals surface area contributed by atoms with E-state index in [1.54, 1.807) is 0 Å². The zero-order valence-electron chi connectivity index (χ0n) is 3.04. The van der Waals surface area contributed by atoms with Crippen molar-refractivity contribution in [1.29, 1.82) is 0 Å². The highest BCUT2D eigenvalue weighted by Crippen LogP contribution is 2.20. The molecule has 0 unspecified atom stereocenters. The van der Waals surface area contributed by atoms with Gasteiger partial charge in [-0.15, -0.1) is 0 Å². The van der Waals surface area contributed by atoms with Crippen LogP contribution in [-0.4, -0.2) is 12.1 Å². The highest BCUT2D eigenvalue weighted by Gasteiger charge is 2.21. The second-order valence-corrected chi connectivity index (χ2v) is 1.57. The van der Waals surface area contributed by atoms with E-state index in [2.05, 4.69) is 4.74 Å². The maximum absolute atomic E-state index is 11.1. The molecule has 0 aromatic rings. The van der Waals surface area contributed by atoms with Gasteiger partial charge in [0.1, 0.15) is 0 Å². The van der Waals surface area contributed by atoms with Gasteiger partial charge in [0.05, 0.1) is 0 Å². The van der Waals surface area contributed by atoms with Crippen LogP contribution >= 0.6 is 15.9 Å². The van der Waals surface area contributed by atoms with Gasteiger partial charge in [0, 0.05) is 23.0 Å². The third-order valence-corrected chi connectivity index (χ3v) is 0.555. The molecule has 0 rings (SSSR count). The molecule has 0 amide bonds. The summed E-state index contributed by atoms with van der Waals surface area (Å²) in [6.45, 7) is 0. The van der Waals surface area contributed by atoms with Crippen molar-refractivity contribution < 1.29 is 13.5 Å². The van der Waals surface area contributed by atoms with Crippen LogP contribution in [-0.2, 0) is 4.74 Å². The molecule has 0 saturated heterocycles. The van der Waals surface area contributed by atoms with E-state index in [1.807, 2.05) is 15.9 Å². The van der Waals surface area contributed by atoms with Crippen LogP contribution in [0.3, 0.4) is 0 Å². The summed E-state index contributed by atoms with van der Waals surface area (Å²) < 4.78 is 25.8. The summed E-state index contributed by atoms with van der Waals surface area (Å²) in [4.78, 5) is 0. The van der Waals surface area contributed by atoms with Crippen molar-refractivity contribution in [2.24, 2.45) is 0 Å². The maximum Gasteiger partial charge on any atom is 0.414 e. The van der Waals surface area contributed by atoms with Gasteiger partial charge in [0.25, 0.3) is 0 Å². The lowest BCUT2D eigenvalue weighted by Gasteiger charge is -2.00. The van der Waals surface area contributed by atoms with Gasteiger partial charge in [-0.3, -0.25) is 0 Å². The zero-order chi connectivity index (χ0) is 5.21. The Labute approximate surface area is 42.4 Å². The first-order valence-electron chi connectivity index (χ1n) is 1.18. The molecular formula is C2H3BrF2O. The molecule has 1 nitrogen and oxygen atoms in total. The van der Waals surface area contributed by atoms with Crippen LogP contribution in [0.1, 0.15) is 0 Å². The van der Waals surface area contributed by atoms with Crippen LogP contribution in [0.4, 0.5) is 8.78 Å². The van der Waals surface area contributed by atoms with E-state index in [9.17, 15) is 8.78 Å². The molecule has 0 fully saturated rings. The Balaban J connectivity index is 3.17. The molecule has 0 radical (unpaired) electrons. The van der Waals surface area contributed by atoms with Gasteiger partial charge in [-0.2, -0.15) is 8.78 Å². The molecule has 4 heteroatoms. The number of ether oxygens (including phenoxy) is 1. The van der Waals surface area contributed by atoms with Crippen LogP contribution in [0, 0.1) is 0 Å². The fourth-order valence-electron chi connectivity index (χ4n) is 0. The predicted octanol–water partition coefficient (Wildman–Crippen LogP) is 1.58. The molecule has 0 N–H and O–H groups in total. The zero-order valence-corrected chi connectivity index (χ0v) is 4.63. The Morgan fingerprint density at radius 3 is 1.83 bits per heavy atom. The Morgan fingerprint density at radius 1 is 1.67 bits per heavy atom. The average Bonchev–Trinajstić information content (AvgIpc) is 1.35. The Hall–Kier alpha value is 0.300. The second kappa shape index (κ2) is 1.84. The number of methoxy groups -OCH3 is 1. The van der Waals surface area contributed by atoms with Gasteiger partial charge < -0.3 is 4.74 Å². The molecule has 0 saturated carbocycles. The topological polar surface area (TPSA) is 9.23 Å². The molecule has 0 bridgehead atoms. The molecule has 0 spiro atoms. The lowest BCUT2D eigenvalue weighted by atomic mass is 11.4. The molecule has 0 aliphatic carbocycles. The summed E-state index contributed by atoms with van der Waals surface area (Å²) in [6, 6.07) is 0. The highest BCUT2D eigenvalue weighted by molar-refractivity contribution is 9.09. The third kappa shape index (κ3) is 4.30. The quantitative estimate of drug-likeness (QED) is 0.530. The van der Waals surface area contributed by atoms with Crippen molar-refractivity contribution in [3.05, 3.63) is 0 Å². The van der Waals surface area contributed by atoms with Crippen LogP contribution in [0.2, 0.25) is 0 Å². The number of alkyl halides is 3. The lowest BCUT2D eigenvalue weighted by molar-refractivity contribution is -0.133. The average molecular weight is 161 g/mol. The van der Waals surface area contributed by atoms with Crippen LogP contribution in [0.15, 0.2) is 0 Å². The van der Waals surface area contributed by atoms with Crippen molar-refractivity contribution >= 4 is 15.9 Å². The van der Waals surface area contributed by atoms with Crippen LogP contribution < -0.4 is 0 Å². The van der Waals surface area contributed by atoms with Gasteiger partial charge in [-0.25, -0.2) is 0 Å². The van der Waals surface area contributed by atoms with E-state index >= 15 is 0 Å². The normalized spacial score (nSPS) is 12.0. The van der Waals surface area contributed by atoms with Gasteiger partial charge >= 0.3 is 5.02 Å². The Bertz CT molecular complexity index is 41.3. The summed E-state index contributed by atoms with van der Waals surface area (Å²) in [5.41, 5.74) is 0. The number of hydrogen-bond donors (Lipinski definition) is 0. The van der Waals surface area contributed by atoms with E-state index < -0.39 is 5.02 Å². The minimum absolute atomic E-state index is 0.911. The van der Waals surface area contributed by atoms with Crippen LogP contribution in [0.5, 0.6) is 0 Å². The summed E-state index contributed by atoms with van der Waals surface area (Å²) in [6.07, 6.45) is 0. The SMILES string of the molecule is COC(F)(F)Br. The minimum atomic E-state index is -3.15. The fourth-order valence-corrected chi connectivity index (χ4v) is 0. The van der Waals surface area contributed by atoms with Crippen molar-refractivity contribution in [2.75, 3.05) is 7.11 Å². The van der Waals surface area contributed by atoms with E-state index in [0.29, 0.717) is 0 Å². The monoisotopic (exact) mass is 160 g/mol. The molecule has 38 valence electrons. The molecule has 0 heterocycles. The highest BCUT2D eigenvalue weighted by atomic mass is 79.9. The van der Waals surface area contributed by atoms with Gasteiger partial charge in [-0.1, -0.05) is 0 Å². The van der Waals surface area contributed by atoms with Gasteiger partial charge in [-0.05, 0) is 0 Å². The summed E-state index contributed by atoms with van der Waals surface area (Å²) in [7, 11) is 0.911. The van der Waals surface area contributed by atoms with E-state index in [0.717, 1.165) is 7.11 Å². The second-order valence-electron chi connectivity index (χ2n) is 0.650. The summed E-state index contributed by atoms with van der Waals surface area (Å²) in [5, 5.41) is -3.15. The van der Waals surface area contributed by atoms with Gasteiger partial charge in [0.2, 0.25) is 0 Å². The molecule has 0 atom stereocenters. The van der Waals surface area contributed by atoms with Crippen LogP contribution in [0.25, 0.3) is 0 Å². The summed E-state index contributed by atoms with van der Waals surface area (Å²) >= 11 is 1.92. The standard InChI is InChI=1S/C2H3BrF2O/c1-6-2(3,4)5/h1H3. The van der Waals surface area contributed by atoms with Gasteiger partial charge in [0.15, 0.2) is 0 Å². The molecule has 0 aromatic heterocycles. The fraction of sp³-hybridized carbons (Fsp3) is 1.00.